The number of alkyl halides is 3. The van der Waals surface area contributed by atoms with E-state index in [2.05, 4.69) is 9.97 Å². The highest BCUT2D eigenvalue weighted by Gasteiger charge is 2.34. The van der Waals surface area contributed by atoms with Crippen LogP contribution in [0.15, 0.2) is 18.6 Å². The van der Waals surface area contributed by atoms with Crippen molar-refractivity contribution in [1.29, 1.82) is 0 Å². The number of hydrogen-bond acceptors (Lipinski definition) is 4. The molecule has 1 aromatic heterocycles. The van der Waals surface area contributed by atoms with Gasteiger partial charge in [-0.05, 0) is 6.92 Å². The molecule has 1 heterocycles. The fraction of sp³-hybridized carbons (Fsp3) is 0.500. The van der Waals surface area contributed by atoms with Crippen molar-refractivity contribution >= 4 is 5.97 Å². The van der Waals surface area contributed by atoms with Gasteiger partial charge in [0, 0.05) is 18.6 Å². The summed E-state index contributed by atoms with van der Waals surface area (Å²) in [6.45, 7) is -0.563. The molecule has 8 heteroatoms. The smallest absolute Gasteiger partial charge is 0.401 e. The number of carboxylic acids is 1. The zero-order valence-corrected chi connectivity index (χ0v) is 9.55. The van der Waals surface area contributed by atoms with Gasteiger partial charge in [0.15, 0.2) is 0 Å². The maximum absolute atomic E-state index is 12.4. The molecular weight excluding hydrogens is 251 g/mol. The van der Waals surface area contributed by atoms with Gasteiger partial charge in [0.25, 0.3) is 0 Å². The zero-order chi connectivity index (χ0) is 13.8. The van der Waals surface area contributed by atoms with Gasteiger partial charge in [-0.3, -0.25) is 19.7 Å². The standard InChI is InChI=1S/C10H12F3N3O2/c1-7(8-4-14-2-3-15-8)16(5-9(17)18)6-10(11,12)13/h2-4,7H,5-6H2,1H3,(H,17,18). The monoisotopic (exact) mass is 263 g/mol. The first-order valence-corrected chi connectivity index (χ1v) is 5.08. The predicted molar refractivity (Wildman–Crippen MR) is 55.7 cm³/mol. The van der Waals surface area contributed by atoms with E-state index in [1.54, 1.807) is 0 Å². The molecule has 5 nitrogen and oxygen atoms in total. The lowest BCUT2D eigenvalue weighted by Gasteiger charge is -2.27. The number of rotatable bonds is 5. The molecule has 0 spiro atoms. The molecule has 1 N–H and O–H groups in total. The summed E-state index contributed by atoms with van der Waals surface area (Å²) in [6, 6.07) is -0.781. The summed E-state index contributed by atoms with van der Waals surface area (Å²) < 4.78 is 37.1. The summed E-state index contributed by atoms with van der Waals surface area (Å²) in [7, 11) is 0. The van der Waals surface area contributed by atoms with E-state index in [4.69, 9.17) is 5.11 Å². The zero-order valence-electron chi connectivity index (χ0n) is 9.55. The fourth-order valence-electron chi connectivity index (χ4n) is 1.45. The van der Waals surface area contributed by atoms with Gasteiger partial charge in [0.2, 0.25) is 0 Å². The highest BCUT2D eigenvalue weighted by molar-refractivity contribution is 5.69. The summed E-state index contributed by atoms with van der Waals surface area (Å²) in [6.07, 6.45) is -0.415. The number of hydrogen-bond donors (Lipinski definition) is 1. The van der Waals surface area contributed by atoms with Crippen LogP contribution >= 0.6 is 0 Å². The first-order chi connectivity index (χ1) is 8.29. The highest BCUT2D eigenvalue weighted by atomic mass is 19.4. The summed E-state index contributed by atoms with van der Waals surface area (Å²) in [5.41, 5.74) is 0.294. The Morgan fingerprint density at radius 2 is 2.17 bits per heavy atom. The van der Waals surface area contributed by atoms with E-state index in [9.17, 15) is 18.0 Å². The molecule has 1 unspecified atom stereocenters. The molecular formula is C10H12F3N3O2. The third-order valence-electron chi connectivity index (χ3n) is 2.28. The number of carbonyl (C=O) groups is 1. The molecule has 0 fully saturated rings. The van der Waals surface area contributed by atoms with Gasteiger partial charge in [0.05, 0.1) is 24.8 Å². The van der Waals surface area contributed by atoms with Crippen LogP contribution in [0.25, 0.3) is 0 Å². The Morgan fingerprint density at radius 1 is 1.50 bits per heavy atom. The number of nitrogens with zero attached hydrogens (tertiary/aromatic N) is 3. The number of halogens is 3. The van der Waals surface area contributed by atoms with Crippen molar-refractivity contribution in [1.82, 2.24) is 14.9 Å². The molecule has 0 saturated carbocycles. The van der Waals surface area contributed by atoms with Crippen LogP contribution < -0.4 is 0 Å². The highest BCUT2D eigenvalue weighted by Crippen LogP contribution is 2.23. The van der Waals surface area contributed by atoms with Gasteiger partial charge >= 0.3 is 12.1 Å². The van der Waals surface area contributed by atoms with Crippen LogP contribution in [-0.2, 0) is 4.79 Å². The van der Waals surface area contributed by atoms with E-state index >= 15 is 0 Å². The molecule has 0 aliphatic rings. The average Bonchev–Trinajstić information content (AvgIpc) is 2.26. The molecule has 1 aromatic rings. The third-order valence-corrected chi connectivity index (χ3v) is 2.28. The van der Waals surface area contributed by atoms with E-state index in [0.29, 0.717) is 5.69 Å². The third kappa shape index (κ3) is 4.66. The minimum atomic E-state index is -4.47. The Kier molecular flexibility index (Phi) is 4.60. The maximum atomic E-state index is 12.4. The molecule has 100 valence electrons. The first kappa shape index (κ1) is 14.4. The molecule has 0 bridgehead atoms. The lowest BCUT2D eigenvalue weighted by atomic mass is 10.2. The number of aliphatic carboxylic acids is 1. The summed E-state index contributed by atoms with van der Waals surface area (Å²) in [4.78, 5) is 19.0. The van der Waals surface area contributed by atoms with Gasteiger partial charge in [-0.25, -0.2) is 0 Å². The van der Waals surface area contributed by atoms with Crippen LogP contribution in [0, 0.1) is 0 Å². The van der Waals surface area contributed by atoms with E-state index in [0.717, 1.165) is 4.90 Å². The van der Waals surface area contributed by atoms with Gasteiger partial charge in [-0.2, -0.15) is 13.2 Å². The van der Waals surface area contributed by atoms with Crippen LogP contribution in [-0.4, -0.2) is 45.2 Å². The molecule has 0 aliphatic heterocycles. The van der Waals surface area contributed by atoms with Gasteiger partial charge < -0.3 is 5.11 Å². The summed E-state index contributed by atoms with van der Waals surface area (Å²) >= 11 is 0. The normalized spacial score (nSPS) is 13.6. The summed E-state index contributed by atoms with van der Waals surface area (Å²) in [5, 5.41) is 8.63. The van der Waals surface area contributed by atoms with Crippen molar-refractivity contribution < 1.29 is 23.1 Å². The number of aromatic nitrogens is 2. The molecule has 1 rings (SSSR count). The van der Waals surface area contributed by atoms with Crippen molar-refractivity contribution in [2.45, 2.75) is 19.1 Å². The van der Waals surface area contributed by atoms with Crippen molar-refractivity contribution in [3.05, 3.63) is 24.3 Å². The Hall–Kier alpha value is -1.70. The van der Waals surface area contributed by atoms with E-state index in [1.807, 2.05) is 0 Å². The van der Waals surface area contributed by atoms with Gasteiger partial charge in [-0.15, -0.1) is 0 Å². The molecule has 0 aliphatic carbocycles. The molecule has 0 radical (unpaired) electrons. The van der Waals surface area contributed by atoms with Crippen molar-refractivity contribution in [3.63, 3.8) is 0 Å². The Labute approximate surface area is 101 Å². The van der Waals surface area contributed by atoms with Crippen molar-refractivity contribution in [2.24, 2.45) is 0 Å². The van der Waals surface area contributed by atoms with E-state index in [-0.39, 0.29) is 0 Å². The minimum Gasteiger partial charge on any atom is -0.480 e. The second kappa shape index (κ2) is 5.76. The largest absolute Gasteiger partial charge is 0.480 e. The van der Waals surface area contributed by atoms with Crippen LogP contribution in [0.1, 0.15) is 18.7 Å². The fourth-order valence-corrected chi connectivity index (χ4v) is 1.45. The minimum absolute atomic E-state index is 0.294. The lowest BCUT2D eigenvalue weighted by Crippen LogP contribution is -2.39. The predicted octanol–water partition coefficient (Wildman–Crippen LogP) is 1.49. The van der Waals surface area contributed by atoms with Crippen molar-refractivity contribution in [3.8, 4) is 0 Å². The van der Waals surface area contributed by atoms with Crippen LogP contribution in [0.5, 0.6) is 0 Å². The molecule has 0 saturated heterocycles. The Bertz CT molecular complexity index is 397. The molecule has 18 heavy (non-hydrogen) atoms. The van der Waals surface area contributed by atoms with Gasteiger partial charge in [0.1, 0.15) is 0 Å². The SMILES string of the molecule is CC(c1cnccn1)N(CC(=O)O)CC(F)(F)F. The van der Waals surface area contributed by atoms with Crippen LogP contribution in [0.4, 0.5) is 13.2 Å². The van der Waals surface area contributed by atoms with Crippen LogP contribution in [0.2, 0.25) is 0 Å². The maximum Gasteiger partial charge on any atom is 0.401 e. The van der Waals surface area contributed by atoms with Gasteiger partial charge in [-0.1, -0.05) is 0 Å². The molecule has 1 atom stereocenters. The van der Waals surface area contributed by atoms with E-state index in [1.165, 1.54) is 25.5 Å². The summed E-state index contributed by atoms with van der Waals surface area (Å²) in [5.74, 6) is -1.32. The Morgan fingerprint density at radius 3 is 2.61 bits per heavy atom. The molecule has 0 amide bonds. The molecule has 0 aromatic carbocycles. The van der Waals surface area contributed by atoms with E-state index < -0.39 is 31.3 Å². The second-order valence-electron chi connectivity index (χ2n) is 3.72. The lowest BCUT2D eigenvalue weighted by molar-refractivity contribution is -0.158. The first-order valence-electron chi connectivity index (χ1n) is 5.08. The number of carboxylic acid groups (broad SMARTS) is 1. The second-order valence-corrected chi connectivity index (χ2v) is 3.72. The quantitative estimate of drug-likeness (QED) is 0.871. The van der Waals surface area contributed by atoms with Crippen LogP contribution in [0.3, 0.4) is 0 Å². The average molecular weight is 263 g/mol. The van der Waals surface area contributed by atoms with Crippen molar-refractivity contribution in [2.75, 3.05) is 13.1 Å². The topological polar surface area (TPSA) is 66.3 Å². The Balaban J connectivity index is 2.85.